The molecule has 182 valence electrons. The Hall–Kier alpha value is -3.37. The molecule has 0 bridgehead atoms. The average Bonchev–Trinajstić information content (AvgIpc) is 3.26. The molecule has 0 amide bonds. The number of methoxy groups -OCH3 is 1. The molecule has 6 rings (SSSR count). The van der Waals surface area contributed by atoms with Crippen LogP contribution in [0.25, 0.3) is 20.4 Å². The predicted molar refractivity (Wildman–Crippen MR) is 137 cm³/mol. The summed E-state index contributed by atoms with van der Waals surface area (Å²) >= 11 is 1.38. The summed E-state index contributed by atoms with van der Waals surface area (Å²) in [6, 6.07) is 10.1. The van der Waals surface area contributed by atoms with Crippen LogP contribution >= 0.6 is 11.3 Å². The van der Waals surface area contributed by atoms with Gasteiger partial charge >= 0.3 is 5.69 Å². The van der Waals surface area contributed by atoms with Crippen LogP contribution in [0.2, 0.25) is 0 Å². The number of aromatic amines is 1. The normalized spacial score (nSPS) is 18.8. The van der Waals surface area contributed by atoms with Gasteiger partial charge < -0.3 is 19.4 Å². The number of benzene rings is 1. The maximum absolute atomic E-state index is 13.1. The molecular weight excluding hydrogens is 466 g/mol. The van der Waals surface area contributed by atoms with Gasteiger partial charge in [-0.15, -0.1) is 11.3 Å². The van der Waals surface area contributed by atoms with E-state index in [1.807, 2.05) is 30.3 Å². The second-order valence-electron chi connectivity index (χ2n) is 9.14. The van der Waals surface area contributed by atoms with E-state index in [1.54, 1.807) is 13.3 Å². The van der Waals surface area contributed by atoms with Crippen LogP contribution < -0.4 is 25.6 Å². The first-order valence-electron chi connectivity index (χ1n) is 11.9. The van der Waals surface area contributed by atoms with E-state index >= 15 is 0 Å². The summed E-state index contributed by atoms with van der Waals surface area (Å²) < 4.78 is 14.4. The molecule has 1 fully saturated rings. The zero-order chi connectivity index (χ0) is 24.1. The van der Waals surface area contributed by atoms with Crippen molar-refractivity contribution in [2.24, 2.45) is 0 Å². The molecule has 5 heterocycles. The number of hydrogen-bond acceptors (Lipinski definition) is 8. The maximum atomic E-state index is 13.1. The van der Waals surface area contributed by atoms with Gasteiger partial charge in [0.05, 0.1) is 23.4 Å². The number of nitrogens with one attached hydrogen (secondary N) is 1. The number of piperazine rings is 1. The predicted octanol–water partition coefficient (Wildman–Crippen LogP) is 2.67. The molecule has 2 aliphatic rings. The van der Waals surface area contributed by atoms with E-state index in [0.717, 1.165) is 41.5 Å². The Bertz CT molecular complexity index is 1510. The second-order valence-corrected chi connectivity index (χ2v) is 10.2. The smallest absolute Gasteiger partial charge is 0.328 e. The third-order valence-corrected chi connectivity index (χ3v) is 8.30. The van der Waals surface area contributed by atoms with Gasteiger partial charge in [0.15, 0.2) is 0 Å². The first-order chi connectivity index (χ1) is 17.0. The van der Waals surface area contributed by atoms with Crippen molar-refractivity contribution in [1.82, 2.24) is 19.4 Å². The molecule has 35 heavy (non-hydrogen) atoms. The van der Waals surface area contributed by atoms with Gasteiger partial charge in [-0.25, -0.2) is 4.79 Å². The number of rotatable bonds is 5. The summed E-state index contributed by atoms with van der Waals surface area (Å²) in [4.78, 5) is 38.0. The number of para-hydroxylation sites is 1. The minimum atomic E-state index is -0.380. The van der Waals surface area contributed by atoms with Crippen molar-refractivity contribution in [1.29, 1.82) is 0 Å². The highest BCUT2D eigenvalue weighted by Crippen LogP contribution is 2.42. The highest BCUT2D eigenvalue weighted by Gasteiger charge is 2.36. The molecular formula is C25H27N5O4S. The van der Waals surface area contributed by atoms with Gasteiger partial charge in [0, 0.05) is 38.4 Å². The fraction of sp³-hybridized carbons (Fsp3) is 0.400. The van der Waals surface area contributed by atoms with Crippen molar-refractivity contribution in [3.05, 3.63) is 57.4 Å². The number of anilines is 1. The first kappa shape index (κ1) is 22.1. The van der Waals surface area contributed by atoms with Crippen molar-refractivity contribution in [2.45, 2.75) is 32.0 Å². The van der Waals surface area contributed by atoms with Crippen LogP contribution in [0.1, 0.15) is 13.3 Å². The summed E-state index contributed by atoms with van der Waals surface area (Å²) in [6.07, 6.45) is 2.37. The van der Waals surface area contributed by atoms with Crippen LogP contribution in [0.15, 0.2) is 46.1 Å². The van der Waals surface area contributed by atoms with E-state index in [4.69, 9.17) is 9.47 Å². The lowest BCUT2D eigenvalue weighted by atomic mass is 10.0. The summed E-state index contributed by atoms with van der Waals surface area (Å²) in [5.41, 5.74) is 1.62. The van der Waals surface area contributed by atoms with E-state index < -0.39 is 0 Å². The van der Waals surface area contributed by atoms with Crippen molar-refractivity contribution >= 4 is 37.5 Å². The van der Waals surface area contributed by atoms with Gasteiger partial charge in [0.25, 0.3) is 5.56 Å². The lowest BCUT2D eigenvalue weighted by Gasteiger charge is -2.47. The van der Waals surface area contributed by atoms with Gasteiger partial charge in [0.2, 0.25) is 0 Å². The number of nitrogens with zero attached hydrogens (tertiary/aromatic N) is 4. The van der Waals surface area contributed by atoms with Gasteiger partial charge in [-0.3, -0.25) is 19.2 Å². The maximum Gasteiger partial charge on any atom is 0.328 e. The van der Waals surface area contributed by atoms with Crippen LogP contribution in [-0.4, -0.2) is 64.9 Å². The molecule has 0 radical (unpaired) electrons. The number of H-pyrrole nitrogens is 1. The third kappa shape index (κ3) is 3.68. The minimum Gasteiger partial charge on any atom is -0.494 e. The Balaban J connectivity index is 1.18. The largest absolute Gasteiger partial charge is 0.494 e. The molecule has 0 aliphatic carbocycles. The summed E-state index contributed by atoms with van der Waals surface area (Å²) in [5.74, 6) is 1.70. The molecule has 1 aromatic carbocycles. The van der Waals surface area contributed by atoms with E-state index in [-0.39, 0.29) is 23.3 Å². The van der Waals surface area contributed by atoms with Crippen molar-refractivity contribution in [3.8, 4) is 11.5 Å². The fourth-order valence-electron chi connectivity index (χ4n) is 5.26. The highest BCUT2D eigenvalue weighted by atomic mass is 32.1. The van der Waals surface area contributed by atoms with Gasteiger partial charge in [-0.1, -0.05) is 6.07 Å². The number of ether oxygens (including phenoxy) is 2. The Morgan fingerprint density at radius 3 is 3.00 bits per heavy atom. The van der Waals surface area contributed by atoms with Crippen molar-refractivity contribution in [2.75, 3.05) is 38.3 Å². The van der Waals surface area contributed by atoms with E-state index in [2.05, 4.69) is 26.7 Å². The number of thiophene rings is 1. The van der Waals surface area contributed by atoms with Crippen molar-refractivity contribution < 1.29 is 9.47 Å². The lowest BCUT2D eigenvalue weighted by Crippen LogP contribution is -2.59. The topological polar surface area (TPSA) is 92.7 Å². The molecule has 9 nitrogen and oxygen atoms in total. The van der Waals surface area contributed by atoms with Crippen LogP contribution in [0.5, 0.6) is 11.5 Å². The molecule has 2 atom stereocenters. The fourth-order valence-corrected chi connectivity index (χ4v) is 6.32. The van der Waals surface area contributed by atoms with E-state index in [0.29, 0.717) is 35.3 Å². The number of pyridine rings is 1. The summed E-state index contributed by atoms with van der Waals surface area (Å²) in [7, 11) is 1.69. The van der Waals surface area contributed by atoms with Crippen LogP contribution in [0.4, 0.5) is 5.69 Å². The average molecular weight is 494 g/mol. The SMILES string of the molecule is COc1cccc2c1N1CCN(C(C)CCn3c(=O)[nH]c4c(sc5cccnc54)c3=O)CC1CO2. The molecule has 0 saturated carbocycles. The summed E-state index contributed by atoms with van der Waals surface area (Å²) in [5, 5.41) is 0. The lowest BCUT2D eigenvalue weighted by molar-refractivity contribution is 0.127. The molecule has 4 aromatic rings. The van der Waals surface area contributed by atoms with Crippen molar-refractivity contribution in [3.63, 3.8) is 0 Å². The Morgan fingerprint density at radius 1 is 1.26 bits per heavy atom. The number of fused-ring (bicyclic) bond motifs is 6. The molecule has 1 N–H and O–H groups in total. The van der Waals surface area contributed by atoms with Gasteiger partial charge in [-0.2, -0.15) is 0 Å². The molecule has 0 spiro atoms. The van der Waals surface area contributed by atoms with Crippen LogP contribution in [0.3, 0.4) is 0 Å². The second kappa shape index (κ2) is 8.69. The van der Waals surface area contributed by atoms with Crippen LogP contribution in [-0.2, 0) is 6.54 Å². The van der Waals surface area contributed by atoms with Crippen LogP contribution in [0, 0.1) is 0 Å². The Kier molecular flexibility index (Phi) is 5.49. The zero-order valence-electron chi connectivity index (χ0n) is 19.7. The minimum absolute atomic E-state index is 0.210. The van der Waals surface area contributed by atoms with E-state index in [9.17, 15) is 9.59 Å². The number of hydrogen-bond donors (Lipinski definition) is 1. The Labute approximate surface area is 205 Å². The number of aromatic nitrogens is 3. The molecule has 10 heteroatoms. The van der Waals surface area contributed by atoms with Gasteiger partial charge in [0.1, 0.15) is 34.0 Å². The third-order valence-electron chi connectivity index (χ3n) is 7.17. The quantitative estimate of drug-likeness (QED) is 0.457. The van der Waals surface area contributed by atoms with Gasteiger partial charge in [-0.05, 0) is 37.6 Å². The highest BCUT2D eigenvalue weighted by molar-refractivity contribution is 7.25. The standard InChI is InChI=1S/C25H27N5O4S/c1-15(28-11-12-29-16(13-28)14-34-18-6-3-5-17(33-2)22(18)29)8-10-30-24(31)23-21(27-25(30)32)20-19(35-23)7-4-9-26-20/h3-7,9,15-16H,8,10-14H2,1-2H3,(H,27,32). The zero-order valence-corrected chi connectivity index (χ0v) is 20.5. The summed E-state index contributed by atoms with van der Waals surface area (Å²) in [6.45, 7) is 5.76. The Morgan fingerprint density at radius 2 is 2.14 bits per heavy atom. The first-order valence-corrected chi connectivity index (χ1v) is 12.7. The monoisotopic (exact) mass is 493 g/mol. The molecule has 1 saturated heterocycles. The van der Waals surface area contributed by atoms with E-state index in [1.165, 1.54) is 15.9 Å². The molecule has 3 aromatic heterocycles. The molecule has 2 unspecified atom stereocenters. The molecule has 2 aliphatic heterocycles.